The minimum Gasteiger partial charge on any atom is -0.457 e. The summed E-state index contributed by atoms with van der Waals surface area (Å²) < 4.78 is 4.98. The predicted octanol–water partition coefficient (Wildman–Crippen LogP) is 1.76. The molecule has 31 heavy (non-hydrogen) atoms. The number of hydrogen-bond donors (Lipinski definition) is 0. The third-order valence-electron chi connectivity index (χ3n) is 7.06. The van der Waals surface area contributed by atoms with Gasteiger partial charge in [0.1, 0.15) is 0 Å². The molecule has 1 heterocycles. The van der Waals surface area contributed by atoms with Gasteiger partial charge in [-0.15, -0.1) is 0 Å². The Kier molecular flexibility index (Phi) is 4.49. The maximum atomic E-state index is 12.9. The summed E-state index contributed by atoms with van der Waals surface area (Å²) >= 11 is 0. The van der Waals surface area contributed by atoms with Gasteiger partial charge in [0.2, 0.25) is 11.8 Å². The van der Waals surface area contributed by atoms with Crippen LogP contribution in [-0.2, 0) is 19.1 Å². The van der Waals surface area contributed by atoms with Crippen LogP contribution >= 0.6 is 0 Å². The van der Waals surface area contributed by atoms with E-state index >= 15 is 0 Å². The van der Waals surface area contributed by atoms with Gasteiger partial charge in [-0.25, -0.2) is 0 Å². The summed E-state index contributed by atoms with van der Waals surface area (Å²) in [7, 11) is 0. The first-order valence-electron chi connectivity index (χ1n) is 10.3. The van der Waals surface area contributed by atoms with E-state index < -0.39 is 23.3 Å². The monoisotopic (exact) mass is 424 g/mol. The van der Waals surface area contributed by atoms with Crippen LogP contribution in [0.4, 0.5) is 5.69 Å². The minimum absolute atomic E-state index is 0.0516. The average molecular weight is 424 g/mol. The summed E-state index contributed by atoms with van der Waals surface area (Å²) in [5, 5.41) is 10.7. The topological polar surface area (TPSA) is 124 Å². The number of Topliss-reactive ketones (excluding diaryl/α,β-unsaturated/α-hetero) is 1. The molecule has 1 aromatic carbocycles. The van der Waals surface area contributed by atoms with Crippen LogP contribution in [0.2, 0.25) is 0 Å². The smallest absolute Gasteiger partial charge is 0.308 e. The van der Waals surface area contributed by atoms with Gasteiger partial charge < -0.3 is 4.74 Å². The number of nitro benzene ring substituents is 1. The van der Waals surface area contributed by atoms with Crippen LogP contribution in [0.3, 0.4) is 0 Å². The van der Waals surface area contributed by atoms with E-state index in [0.29, 0.717) is 11.8 Å². The fraction of sp³-hybridized carbons (Fsp3) is 0.455. The highest BCUT2D eigenvalue weighted by Gasteiger charge is 2.66. The molecule has 0 spiro atoms. The number of allylic oxidation sites excluding steroid dienone is 2. The van der Waals surface area contributed by atoms with Crippen molar-refractivity contribution in [1.29, 1.82) is 0 Å². The van der Waals surface area contributed by atoms with Crippen molar-refractivity contribution in [3.8, 4) is 0 Å². The number of ketones is 1. The molecule has 9 nitrogen and oxygen atoms in total. The van der Waals surface area contributed by atoms with E-state index in [9.17, 15) is 29.3 Å². The SMILES string of the molecule is O=C(CCN1C(=O)C2C3C=CC(C4CC34)C2C1=O)OCC(=O)c1ccc([N+](=O)[O-])cc1. The Morgan fingerprint density at radius 2 is 1.61 bits per heavy atom. The molecule has 2 saturated carbocycles. The van der Waals surface area contributed by atoms with Crippen LogP contribution in [0.25, 0.3) is 0 Å². The zero-order chi connectivity index (χ0) is 21.9. The van der Waals surface area contributed by atoms with E-state index in [4.69, 9.17) is 4.74 Å². The van der Waals surface area contributed by atoms with E-state index in [0.717, 1.165) is 6.42 Å². The average Bonchev–Trinajstić information content (AvgIpc) is 3.55. The molecule has 1 saturated heterocycles. The molecular formula is C22H20N2O7. The van der Waals surface area contributed by atoms with Crippen molar-refractivity contribution in [1.82, 2.24) is 4.90 Å². The van der Waals surface area contributed by atoms with E-state index in [-0.39, 0.29) is 59.7 Å². The molecule has 1 aliphatic heterocycles. The summed E-state index contributed by atoms with van der Waals surface area (Å²) in [6.07, 6.45) is 5.09. The second-order valence-corrected chi connectivity index (χ2v) is 8.62. The molecule has 160 valence electrons. The third kappa shape index (κ3) is 3.15. The number of esters is 1. The van der Waals surface area contributed by atoms with Gasteiger partial charge in [-0.3, -0.25) is 34.2 Å². The first kappa shape index (κ1) is 19.6. The number of likely N-dealkylation sites (tertiary alicyclic amines) is 1. The fourth-order valence-electron chi connectivity index (χ4n) is 5.51. The Balaban J connectivity index is 1.14. The molecule has 1 aromatic rings. The van der Waals surface area contributed by atoms with Crippen molar-refractivity contribution >= 4 is 29.3 Å². The van der Waals surface area contributed by atoms with Crippen molar-refractivity contribution in [2.45, 2.75) is 12.8 Å². The Hall–Kier alpha value is -3.36. The Morgan fingerprint density at radius 1 is 1.03 bits per heavy atom. The van der Waals surface area contributed by atoms with Crippen LogP contribution in [0.1, 0.15) is 23.2 Å². The molecule has 6 unspecified atom stereocenters. The number of imide groups is 1. The van der Waals surface area contributed by atoms with Crippen LogP contribution in [0, 0.1) is 45.6 Å². The molecule has 0 aromatic heterocycles. The number of carbonyl (C=O) groups excluding carboxylic acids is 4. The lowest BCUT2D eigenvalue weighted by atomic mass is 9.63. The van der Waals surface area contributed by atoms with Crippen molar-refractivity contribution < 1.29 is 28.8 Å². The first-order valence-corrected chi connectivity index (χ1v) is 10.3. The number of nitrogens with zero attached hydrogens (tertiary/aromatic N) is 2. The number of ether oxygens (including phenoxy) is 1. The quantitative estimate of drug-likeness (QED) is 0.163. The van der Waals surface area contributed by atoms with Gasteiger partial charge in [0, 0.05) is 24.2 Å². The standard InChI is InChI=1S/C22H20N2O7/c25-17(11-1-3-12(4-2-11)24(29)30)10-31-18(26)7-8-23-21(27)19-13-5-6-14(16-9-15(13)16)20(19)22(23)28/h1-6,13-16,19-20H,7-10H2. The predicted molar refractivity (Wildman–Crippen MR) is 104 cm³/mol. The van der Waals surface area contributed by atoms with Crippen LogP contribution < -0.4 is 0 Å². The Morgan fingerprint density at radius 3 is 2.16 bits per heavy atom. The fourth-order valence-corrected chi connectivity index (χ4v) is 5.51. The molecular weight excluding hydrogens is 404 g/mol. The zero-order valence-corrected chi connectivity index (χ0v) is 16.5. The highest BCUT2D eigenvalue weighted by molar-refractivity contribution is 6.06. The van der Waals surface area contributed by atoms with Gasteiger partial charge in [-0.2, -0.15) is 0 Å². The lowest BCUT2D eigenvalue weighted by Crippen LogP contribution is -2.40. The number of nitro groups is 1. The van der Waals surface area contributed by atoms with Crippen molar-refractivity contribution in [2.75, 3.05) is 13.2 Å². The second kappa shape index (κ2) is 7.11. The Bertz CT molecular complexity index is 995. The maximum absolute atomic E-state index is 12.9. The lowest BCUT2D eigenvalue weighted by molar-refractivity contribution is -0.384. The summed E-state index contributed by atoms with van der Waals surface area (Å²) in [5.41, 5.74) is 0.0453. The molecule has 0 radical (unpaired) electrons. The normalized spacial score (nSPS) is 31.9. The van der Waals surface area contributed by atoms with Crippen LogP contribution in [0.15, 0.2) is 36.4 Å². The number of benzene rings is 1. The number of carbonyl (C=O) groups is 4. The van der Waals surface area contributed by atoms with Gasteiger partial charge >= 0.3 is 5.97 Å². The van der Waals surface area contributed by atoms with E-state index in [1.54, 1.807) is 0 Å². The molecule has 5 aliphatic rings. The highest BCUT2D eigenvalue weighted by atomic mass is 16.6. The van der Waals surface area contributed by atoms with Crippen molar-refractivity contribution in [2.24, 2.45) is 35.5 Å². The summed E-state index contributed by atoms with van der Waals surface area (Å²) in [4.78, 5) is 61.2. The van der Waals surface area contributed by atoms with Gasteiger partial charge in [0.15, 0.2) is 12.4 Å². The first-order chi connectivity index (χ1) is 14.9. The van der Waals surface area contributed by atoms with Gasteiger partial charge in [-0.05, 0) is 42.2 Å². The summed E-state index contributed by atoms with van der Waals surface area (Å²) in [5.74, 6) is -0.882. The van der Waals surface area contributed by atoms with E-state index in [2.05, 4.69) is 12.2 Å². The van der Waals surface area contributed by atoms with Gasteiger partial charge in [0.05, 0.1) is 23.2 Å². The van der Waals surface area contributed by atoms with Crippen molar-refractivity contribution in [3.05, 3.63) is 52.1 Å². The summed E-state index contributed by atoms with van der Waals surface area (Å²) in [6.45, 7) is -0.564. The summed E-state index contributed by atoms with van der Waals surface area (Å²) in [6, 6.07) is 4.99. The molecule has 3 fully saturated rings. The lowest BCUT2D eigenvalue weighted by Gasteiger charge is -2.37. The molecule has 6 rings (SSSR count). The highest BCUT2D eigenvalue weighted by Crippen LogP contribution is 2.65. The van der Waals surface area contributed by atoms with Gasteiger partial charge in [0.25, 0.3) is 5.69 Å². The van der Waals surface area contributed by atoms with E-state index in [1.807, 2.05) is 0 Å². The third-order valence-corrected chi connectivity index (χ3v) is 7.06. The van der Waals surface area contributed by atoms with E-state index in [1.165, 1.54) is 29.2 Å². The van der Waals surface area contributed by atoms with Crippen LogP contribution in [0.5, 0.6) is 0 Å². The molecule has 6 atom stereocenters. The molecule has 9 heteroatoms. The number of non-ortho nitro benzene ring substituents is 1. The van der Waals surface area contributed by atoms with Crippen molar-refractivity contribution in [3.63, 3.8) is 0 Å². The van der Waals surface area contributed by atoms with Gasteiger partial charge in [-0.1, -0.05) is 12.2 Å². The minimum atomic E-state index is -0.685. The van der Waals surface area contributed by atoms with Crippen LogP contribution in [-0.4, -0.2) is 46.5 Å². The number of hydrogen-bond acceptors (Lipinski definition) is 7. The Labute approximate surface area is 177 Å². The number of rotatable bonds is 7. The zero-order valence-electron chi connectivity index (χ0n) is 16.5. The number of amides is 2. The molecule has 0 N–H and O–H groups in total. The molecule has 2 amide bonds. The second-order valence-electron chi connectivity index (χ2n) is 8.62. The molecule has 2 bridgehead atoms. The maximum Gasteiger partial charge on any atom is 0.308 e. The largest absolute Gasteiger partial charge is 0.457 e. The molecule has 4 aliphatic carbocycles.